The number of carbonyl (C=O) groups is 2. The summed E-state index contributed by atoms with van der Waals surface area (Å²) in [6.45, 7) is 2.29. The Bertz CT molecular complexity index is 592. The highest BCUT2D eigenvalue weighted by Gasteiger charge is 2.49. The van der Waals surface area contributed by atoms with Crippen LogP contribution in [-0.2, 0) is 19.1 Å². The molecular weight excluding hydrogens is 358 g/mol. The number of nitro groups is 1. The number of nitrogens with zero attached hydrogens (tertiary/aromatic N) is 1. The average molecular weight is 372 g/mol. The minimum absolute atomic E-state index is 0.499. The lowest BCUT2D eigenvalue weighted by Gasteiger charge is -2.35. The first-order valence-electron chi connectivity index (χ1n) is 6.52. The number of halogens is 1. The number of benzene rings is 1. The van der Waals surface area contributed by atoms with Gasteiger partial charge in [-0.15, -0.1) is 0 Å². The summed E-state index contributed by atoms with van der Waals surface area (Å²) in [6, 6.07) is 6.62. The molecule has 0 spiro atoms. The van der Waals surface area contributed by atoms with Gasteiger partial charge < -0.3 is 9.47 Å². The maximum atomic E-state index is 12.1. The lowest BCUT2D eigenvalue weighted by atomic mass is 9.85. The van der Waals surface area contributed by atoms with E-state index in [0.717, 1.165) is 4.47 Å². The van der Waals surface area contributed by atoms with Gasteiger partial charge in [0.25, 0.3) is 5.79 Å². The normalized spacial score (nSPS) is 19.2. The van der Waals surface area contributed by atoms with E-state index in [1.54, 1.807) is 24.3 Å². The Balaban J connectivity index is 2.37. The van der Waals surface area contributed by atoms with Crippen molar-refractivity contribution in [2.24, 2.45) is 5.92 Å². The molecule has 0 aromatic heterocycles. The third kappa shape index (κ3) is 3.62. The number of cyclic esters (lactones) is 2. The Labute approximate surface area is 134 Å². The summed E-state index contributed by atoms with van der Waals surface area (Å²) >= 11 is 3.26. The van der Waals surface area contributed by atoms with Crippen molar-refractivity contribution in [3.63, 3.8) is 0 Å². The molecular formula is C14H14BrNO6. The molecule has 1 fully saturated rings. The molecule has 1 aliphatic heterocycles. The van der Waals surface area contributed by atoms with E-state index >= 15 is 0 Å². The number of esters is 2. The zero-order valence-corrected chi connectivity index (χ0v) is 13.5. The molecule has 8 heteroatoms. The summed E-state index contributed by atoms with van der Waals surface area (Å²) in [4.78, 5) is 34.6. The standard InChI is InChI=1S/C14H14BrNO6/c1-14(2)21-12(17)11(13(18)22-14)10(7-16(19)20)8-3-5-9(15)6-4-8/h3-6,10-11H,7H2,1-2H3. The van der Waals surface area contributed by atoms with E-state index in [4.69, 9.17) is 9.47 Å². The van der Waals surface area contributed by atoms with Gasteiger partial charge in [-0.05, 0) is 17.7 Å². The molecule has 1 aromatic rings. The maximum absolute atomic E-state index is 12.1. The molecule has 0 N–H and O–H groups in total. The molecule has 0 radical (unpaired) electrons. The zero-order chi connectivity index (χ0) is 16.5. The van der Waals surface area contributed by atoms with E-state index in [0.29, 0.717) is 5.56 Å². The topological polar surface area (TPSA) is 95.7 Å². The Hall–Kier alpha value is -1.96. The van der Waals surface area contributed by atoms with E-state index < -0.39 is 41.0 Å². The lowest BCUT2D eigenvalue weighted by molar-refractivity contribution is -0.484. The van der Waals surface area contributed by atoms with Crippen LogP contribution in [0.5, 0.6) is 0 Å². The monoisotopic (exact) mass is 371 g/mol. The number of rotatable bonds is 4. The van der Waals surface area contributed by atoms with Gasteiger partial charge in [0.1, 0.15) is 0 Å². The Morgan fingerprint density at radius 3 is 2.18 bits per heavy atom. The highest BCUT2D eigenvalue weighted by molar-refractivity contribution is 9.10. The van der Waals surface area contributed by atoms with Gasteiger partial charge in [-0.25, -0.2) is 0 Å². The fraction of sp³-hybridized carbons (Fsp3) is 0.429. The van der Waals surface area contributed by atoms with Crippen LogP contribution in [-0.4, -0.2) is 29.2 Å². The van der Waals surface area contributed by atoms with Crippen molar-refractivity contribution >= 4 is 27.9 Å². The fourth-order valence-electron chi connectivity index (χ4n) is 2.33. The molecule has 1 saturated heterocycles. The SMILES string of the molecule is CC1(C)OC(=O)C(C(C[N+](=O)[O-])c2ccc(Br)cc2)C(=O)O1. The number of hydrogen-bond acceptors (Lipinski definition) is 6. The molecule has 1 aliphatic rings. The van der Waals surface area contributed by atoms with Crippen LogP contribution in [0.1, 0.15) is 25.3 Å². The predicted octanol–water partition coefficient (Wildman–Crippen LogP) is 2.26. The second kappa shape index (κ2) is 6.04. The molecule has 0 bridgehead atoms. The third-order valence-corrected chi connectivity index (χ3v) is 3.78. The van der Waals surface area contributed by atoms with Crippen molar-refractivity contribution in [2.75, 3.05) is 6.54 Å². The molecule has 0 amide bonds. The smallest absolute Gasteiger partial charge is 0.324 e. The summed E-state index contributed by atoms with van der Waals surface area (Å²) in [5, 5.41) is 10.9. The van der Waals surface area contributed by atoms with Crippen molar-refractivity contribution in [1.82, 2.24) is 0 Å². The molecule has 1 atom stereocenters. The van der Waals surface area contributed by atoms with Gasteiger partial charge in [-0.3, -0.25) is 19.7 Å². The number of carbonyl (C=O) groups excluding carboxylic acids is 2. The molecule has 0 aliphatic carbocycles. The largest absolute Gasteiger partial charge is 0.422 e. The van der Waals surface area contributed by atoms with Crippen LogP contribution in [0.25, 0.3) is 0 Å². The van der Waals surface area contributed by atoms with E-state index in [-0.39, 0.29) is 0 Å². The van der Waals surface area contributed by atoms with Crippen LogP contribution in [0.15, 0.2) is 28.7 Å². The molecule has 1 aromatic carbocycles. The van der Waals surface area contributed by atoms with Gasteiger partial charge in [0.15, 0.2) is 5.92 Å². The average Bonchev–Trinajstić information content (AvgIpc) is 2.35. The number of ether oxygens (including phenoxy) is 2. The van der Waals surface area contributed by atoms with Crippen LogP contribution in [0.3, 0.4) is 0 Å². The van der Waals surface area contributed by atoms with Crippen LogP contribution in [0.2, 0.25) is 0 Å². The van der Waals surface area contributed by atoms with Gasteiger partial charge in [0, 0.05) is 23.2 Å². The van der Waals surface area contributed by atoms with Crippen molar-refractivity contribution < 1.29 is 24.0 Å². The summed E-state index contributed by atoms with van der Waals surface area (Å²) in [5.74, 6) is -5.27. The Morgan fingerprint density at radius 1 is 1.23 bits per heavy atom. The summed E-state index contributed by atoms with van der Waals surface area (Å²) in [6.07, 6.45) is 0. The second-order valence-electron chi connectivity index (χ2n) is 5.39. The van der Waals surface area contributed by atoms with E-state index in [1.807, 2.05) is 0 Å². The van der Waals surface area contributed by atoms with E-state index in [1.165, 1.54) is 13.8 Å². The van der Waals surface area contributed by atoms with Gasteiger partial charge in [-0.2, -0.15) is 0 Å². The summed E-state index contributed by atoms with van der Waals surface area (Å²) in [5.41, 5.74) is 0.499. The highest BCUT2D eigenvalue weighted by Crippen LogP contribution is 2.34. The minimum atomic E-state index is -1.36. The van der Waals surface area contributed by atoms with E-state index in [9.17, 15) is 19.7 Å². The molecule has 1 heterocycles. The van der Waals surface area contributed by atoms with Crippen LogP contribution < -0.4 is 0 Å². The minimum Gasteiger partial charge on any atom is -0.422 e. The van der Waals surface area contributed by atoms with Gasteiger partial charge >= 0.3 is 11.9 Å². The van der Waals surface area contributed by atoms with Crippen LogP contribution in [0, 0.1) is 16.0 Å². The first-order chi connectivity index (χ1) is 10.2. The lowest BCUT2D eigenvalue weighted by Crippen LogP contribution is -2.49. The molecule has 0 saturated carbocycles. The molecule has 2 rings (SSSR count). The molecule has 22 heavy (non-hydrogen) atoms. The first kappa shape index (κ1) is 16.4. The van der Waals surface area contributed by atoms with Crippen molar-refractivity contribution in [1.29, 1.82) is 0 Å². The van der Waals surface area contributed by atoms with Crippen LogP contribution in [0.4, 0.5) is 0 Å². The Kier molecular flexibility index (Phi) is 4.50. The van der Waals surface area contributed by atoms with Gasteiger partial charge in [-0.1, -0.05) is 28.1 Å². The molecule has 118 valence electrons. The van der Waals surface area contributed by atoms with E-state index in [2.05, 4.69) is 15.9 Å². The molecule has 7 nitrogen and oxygen atoms in total. The zero-order valence-electron chi connectivity index (χ0n) is 11.9. The summed E-state index contributed by atoms with van der Waals surface area (Å²) < 4.78 is 10.9. The van der Waals surface area contributed by atoms with Crippen molar-refractivity contribution in [2.45, 2.75) is 25.6 Å². The number of hydrogen-bond donors (Lipinski definition) is 0. The third-order valence-electron chi connectivity index (χ3n) is 3.25. The van der Waals surface area contributed by atoms with Gasteiger partial charge in [0.05, 0.1) is 5.92 Å². The summed E-state index contributed by atoms with van der Waals surface area (Å²) in [7, 11) is 0. The maximum Gasteiger partial charge on any atom is 0.324 e. The van der Waals surface area contributed by atoms with Crippen molar-refractivity contribution in [3.8, 4) is 0 Å². The Morgan fingerprint density at radius 2 is 1.73 bits per heavy atom. The first-order valence-corrected chi connectivity index (χ1v) is 7.32. The van der Waals surface area contributed by atoms with Crippen LogP contribution >= 0.6 is 15.9 Å². The predicted molar refractivity (Wildman–Crippen MR) is 78.5 cm³/mol. The van der Waals surface area contributed by atoms with Gasteiger partial charge in [0.2, 0.25) is 6.54 Å². The van der Waals surface area contributed by atoms with Crippen molar-refractivity contribution in [3.05, 3.63) is 44.4 Å². The molecule has 1 unspecified atom stereocenters. The second-order valence-corrected chi connectivity index (χ2v) is 6.31. The fourth-order valence-corrected chi connectivity index (χ4v) is 2.60. The quantitative estimate of drug-likeness (QED) is 0.348. The highest BCUT2D eigenvalue weighted by atomic mass is 79.9.